The van der Waals surface area contributed by atoms with Gasteiger partial charge in [-0.15, -0.1) is 0 Å². The zero-order valence-corrected chi connectivity index (χ0v) is 25.6. The van der Waals surface area contributed by atoms with Crippen molar-refractivity contribution in [2.24, 2.45) is 0 Å². The van der Waals surface area contributed by atoms with E-state index >= 15 is 0 Å². The van der Waals surface area contributed by atoms with E-state index in [1.165, 1.54) is 0 Å². The first-order chi connectivity index (χ1) is 20.0. The summed E-state index contributed by atoms with van der Waals surface area (Å²) < 4.78 is 5.12. The zero-order valence-electron chi connectivity index (χ0n) is 24.9. The Morgan fingerprint density at radius 2 is 1.50 bits per heavy atom. The summed E-state index contributed by atoms with van der Waals surface area (Å²) >= 11 is 6.30. The minimum atomic E-state index is -0.613. The maximum Gasteiger partial charge on any atom is 0.424 e. The van der Waals surface area contributed by atoms with Crippen LogP contribution >= 0.6 is 11.6 Å². The lowest BCUT2D eigenvalue weighted by Gasteiger charge is -2.34. The normalized spacial score (nSPS) is 18.5. The molecule has 1 saturated heterocycles. The van der Waals surface area contributed by atoms with E-state index in [1.54, 1.807) is 32.9 Å². The van der Waals surface area contributed by atoms with E-state index in [9.17, 15) is 14.4 Å². The van der Waals surface area contributed by atoms with Gasteiger partial charge in [0.2, 0.25) is 0 Å². The van der Waals surface area contributed by atoms with Gasteiger partial charge >= 0.3 is 18.0 Å². The summed E-state index contributed by atoms with van der Waals surface area (Å²) in [5.74, 6) is -0.248. The van der Waals surface area contributed by atoms with Crippen LogP contribution in [0.4, 0.5) is 9.59 Å². The van der Waals surface area contributed by atoms with Gasteiger partial charge in [0.05, 0.1) is 13.0 Å². The lowest BCUT2D eigenvalue weighted by molar-refractivity contribution is -0.785. The predicted molar refractivity (Wildman–Crippen MR) is 165 cm³/mol. The highest BCUT2D eigenvalue weighted by molar-refractivity contribution is 6.30. The minimum absolute atomic E-state index is 0.0897. The second-order valence-electron chi connectivity index (χ2n) is 12.0. The van der Waals surface area contributed by atoms with Crippen LogP contribution in [0.2, 0.25) is 5.02 Å². The Morgan fingerprint density at radius 1 is 0.905 bits per heavy atom. The Hall–Kier alpha value is -3.68. The van der Waals surface area contributed by atoms with E-state index in [-0.39, 0.29) is 47.9 Å². The van der Waals surface area contributed by atoms with Crippen molar-refractivity contribution < 1.29 is 23.6 Å². The number of benzene rings is 3. The zero-order chi connectivity index (χ0) is 30.3. The second-order valence-corrected chi connectivity index (χ2v) is 12.4. The van der Waals surface area contributed by atoms with Crippen molar-refractivity contribution in [1.82, 2.24) is 10.6 Å². The predicted octanol–water partition coefficient (Wildman–Crippen LogP) is 7.32. The van der Waals surface area contributed by atoms with E-state index in [1.807, 2.05) is 73.7 Å². The highest BCUT2D eigenvalue weighted by atomic mass is 35.5. The maximum atomic E-state index is 14.2. The number of imide groups is 1. The molecular formula is C34H41ClN3O4+. The average molecular weight is 591 g/mol. The van der Waals surface area contributed by atoms with Gasteiger partial charge in [-0.05, 0) is 62.1 Å². The molecule has 0 bridgehead atoms. The quantitative estimate of drug-likeness (QED) is 0.269. The van der Waals surface area contributed by atoms with Gasteiger partial charge in [-0.2, -0.15) is 4.48 Å². The number of rotatable bonds is 8. The Kier molecular flexibility index (Phi) is 10.1. The van der Waals surface area contributed by atoms with Crippen molar-refractivity contribution in [3.05, 3.63) is 106 Å². The van der Waals surface area contributed by atoms with Gasteiger partial charge in [-0.1, -0.05) is 78.3 Å². The molecule has 3 aromatic rings. The number of quaternary nitrogens is 1. The molecule has 2 N–H and O–H groups in total. The number of urea groups is 1. The molecule has 3 aromatic carbocycles. The molecule has 0 radical (unpaired) electrons. The Bertz CT molecular complexity index is 1350. The van der Waals surface area contributed by atoms with Gasteiger partial charge in [0.15, 0.2) is 0 Å². The summed E-state index contributed by atoms with van der Waals surface area (Å²) in [6.07, 6.45) is 1.28. The summed E-state index contributed by atoms with van der Waals surface area (Å²) in [6, 6.07) is 24.9. The monoisotopic (exact) mass is 590 g/mol. The van der Waals surface area contributed by atoms with Crippen molar-refractivity contribution >= 4 is 29.6 Å². The van der Waals surface area contributed by atoms with Crippen LogP contribution in [-0.4, -0.2) is 40.7 Å². The molecule has 1 fully saturated rings. The van der Waals surface area contributed by atoms with Crippen molar-refractivity contribution in [2.45, 2.75) is 77.6 Å². The van der Waals surface area contributed by atoms with Gasteiger partial charge in [0, 0.05) is 36.9 Å². The minimum Gasteiger partial charge on any atom is -0.444 e. The molecule has 7 nitrogen and oxygen atoms in total. The van der Waals surface area contributed by atoms with Crippen molar-refractivity contribution in [2.75, 3.05) is 6.54 Å². The van der Waals surface area contributed by atoms with Crippen LogP contribution in [0.5, 0.6) is 0 Å². The molecule has 1 heterocycles. The third kappa shape index (κ3) is 7.58. The molecule has 1 unspecified atom stereocenters. The number of carbonyl (C=O) groups is 3. The molecule has 0 aliphatic carbocycles. The largest absolute Gasteiger partial charge is 0.444 e. The average Bonchev–Trinajstić information content (AvgIpc) is 3.36. The van der Waals surface area contributed by atoms with Crippen molar-refractivity contribution in [3.63, 3.8) is 0 Å². The molecule has 1 aliphatic rings. The van der Waals surface area contributed by atoms with Gasteiger partial charge in [-0.3, -0.25) is 0 Å². The molecule has 2 atom stereocenters. The first-order valence-corrected chi connectivity index (χ1v) is 14.9. The molecule has 1 aliphatic heterocycles. The van der Waals surface area contributed by atoms with Crippen LogP contribution in [0.3, 0.4) is 0 Å². The standard InChI is InChI=1S/C34H40ClN3O4/c1-24-12-11-19-38(24,31(39)21-30(25-13-7-5-8-14-25)26-15-9-6-10-16-26)32(40)36-23-28-20-29(35)18-17-27(28)22-37-33(41)42-34(2,3)4/h5-10,13-18,20,24,30H,11-12,19,21-23H2,1-4H3,(H-,36,37,40,41)/p+1/t24-,38?/m1/s1. The van der Waals surface area contributed by atoms with Gasteiger partial charge in [0.25, 0.3) is 0 Å². The van der Waals surface area contributed by atoms with Crippen LogP contribution in [0, 0.1) is 0 Å². The number of nitrogens with one attached hydrogen (secondary N) is 2. The summed E-state index contributed by atoms with van der Waals surface area (Å²) in [7, 11) is 0. The summed E-state index contributed by atoms with van der Waals surface area (Å²) in [6.45, 7) is 8.24. The topological polar surface area (TPSA) is 84.5 Å². The molecule has 0 aromatic heterocycles. The van der Waals surface area contributed by atoms with E-state index < -0.39 is 11.7 Å². The maximum absolute atomic E-state index is 14.2. The third-order valence-corrected chi connectivity index (χ3v) is 8.13. The summed E-state index contributed by atoms with van der Waals surface area (Å²) in [4.78, 5) is 40.4. The van der Waals surface area contributed by atoms with Crippen molar-refractivity contribution in [3.8, 4) is 0 Å². The number of likely N-dealkylation sites (tertiary alicyclic amines) is 1. The van der Waals surface area contributed by atoms with Crippen LogP contribution in [0.1, 0.15) is 75.1 Å². The molecule has 4 amide bonds. The second kappa shape index (κ2) is 13.5. The summed E-state index contributed by atoms with van der Waals surface area (Å²) in [5, 5.41) is 6.33. The lowest BCUT2D eigenvalue weighted by Crippen LogP contribution is -2.62. The van der Waals surface area contributed by atoms with E-state index in [2.05, 4.69) is 10.6 Å². The number of carbonyl (C=O) groups excluding carboxylic acids is 3. The number of hydrogen-bond donors (Lipinski definition) is 2. The fourth-order valence-electron chi connectivity index (χ4n) is 5.72. The van der Waals surface area contributed by atoms with Gasteiger partial charge in [0.1, 0.15) is 11.6 Å². The van der Waals surface area contributed by atoms with Crippen LogP contribution in [-0.2, 0) is 22.6 Å². The Morgan fingerprint density at radius 3 is 2.05 bits per heavy atom. The SMILES string of the molecule is C[C@@H]1CCC[N+]1(C(=O)CC(c1ccccc1)c1ccccc1)C(=O)NCc1cc(Cl)ccc1CNC(=O)OC(C)(C)C. The Balaban J connectivity index is 1.53. The van der Waals surface area contributed by atoms with Crippen molar-refractivity contribution in [1.29, 1.82) is 0 Å². The first-order valence-electron chi connectivity index (χ1n) is 14.5. The van der Waals surface area contributed by atoms with Crippen LogP contribution in [0.25, 0.3) is 0 Å². The molecular weight excluding hydrogens is 550 g/mol. The first kappa shape index (κ1) is 31.3. The fourth-order valence-corrected chi connectivity index (χ4v) is 5.92. The number of halogens is 1. The van der Waals surface area contributed by atoms with E-state index in [4.69, 9.17) is 16.3 Å². The molecule has 4 rings (SSSR count). The van der Waals surface area contributed by atoms with E-state index in [0.717, 1.165) is 35.1 Å². The lowest BCUT2D eigenvalue weighted by atomic mass is 9.87. The van der Waals surface area contributed by atoms with Crippen LogP contribution in [0.15, 0.2) is 78.9 Å². The third-order valence-electron chi connectivity index (χ3n) is 7.90. The Labute approximate surface area is 253 Å². The highest BCUT2D eigenvalue weighted by Gasteiger charge is 2.52. The molecule has 8 heteroatoms. The number of hydrogen-bond acceptors (Lipinski definition) is 4. The number of alkyl carbamates (subject to hydrolysis) is 1. The smallest absolute Gasteiger partial charge is 0.424 e. The number of ether oxygens (including phenoxy) is 1. The van der Waals surface area contributed by atoms with Crippen LogP contribution < -0.4 is 10.6 Å². The van der Waals surface area contributed by atoms with E-state index in [0.29, 0.717) is 11.6 Å². The molecule has 222 valence electrons. The molecule has 0 saturated carbocycles. The molecule has 42 heavy (non-hydrogen) atoms. The number of amides is 4. The summed E-state index contributed by atoms with van der Waals surface area (Å²) in [5.41, 5.74) is 3.03. The van der Waals surface area contributed by atoms with Gasteiger partial charge in [-0.25, -0.2) is 14.4 Å². The number of nitrogens with zero attached hydrogens (tertiary/aromatic N) is 1. The highest BCUT2D eigenvalue weighted by Crippen LogP contribution is 2.35. The fraction of sp³-hybridized carbons (Fsp3) is 0.382. The van der Waals surface area contributed by atoms with Gasteiger partial charge < -0.3 is 15.4 Å². The molecule has 0 spiro atoms.